The van der Waals surface area contributed by atoms with Crippen molar-refractivity contribution in [2.45, 2.75) is 32.8 Å². The number of ketones is 1. The van der Waals surface area contributed by atoms with Gasteiger partial charge in [-0.15, -0.1) is 0 Å². The molecule has 2 N–H and O–H groups in total. The first kappa shape index (κ1) is 14.0. The number of hydrogen-bond donors (Lipinski definition) is 1. The number of morpholine rings is 1. The highest BCUT2D eigenvalue weighted by molar-refractivity contribution is 7.17. The number of Topliss-reactive ketones (excluding diaryl/α,β-unsaturated/α-hetero) is 1. The number of hydrogen-bond acceptors (Lipinski definition) is 6. The lowest BCUT2D eigenvalue weighted by Gasteiger charge is -2.32. The van der Waals surface area contributed by atoms with Crippen LogP contribution >= 0.6 is 11.3 Å². The van der Waals surface area contributed by atoms with Crippen LogP contribution in [0.25, 0.3) is 0 Å². The molecular formula is C14H21N3O2S. The number of carbonyl (C=O) groups excluding carboxylic acids is 1. The molecule has 2 heterocycles. The fourth-order valence-corrected chi connectivity index (χ4v) is 3.93. The molecule has 1 fully saturated rings. The Morgan fingerprint density at radius 1 is 1.50 bits per heavy atom. The first-order valence-corrected chi connectivity index (χ1v) is 7.90. The van der Waals surface area contributed by atoms with Gasteiger partial charge >= 0.3 is 0 Å². The van der Waals surface area contributed by atoms with Gasteiger partial charge in [-0.1, -0.05) is 25.2 Å². The topological polar surface area (TPSA) is 68.5 Å². The Labute approximate surface area is 123 Å². The van der Waals surface area contributed by atoms with Gasteiger partial charge in [-0.25, -0.2) is 4.98 Å². The van der Waals surface area contributed by atoms with E-state index in [9.17, 15) is 4.79 Å². The summed E-state index contributed by atoms with van der Waals surface area (Å²) in [6.07, 6.45) is 1.57. The summed E-state index contributed by atoms with van der Waals surface area (Å²) in [5.74, 6) is 0.239. The van der Waals surface area contributed by atoms with Crippen LogP contribution in [0.2, 0.25) is 0 Å². The maximum absolute atomic E-state index is 12.2. The van der Waals surface area contributed by atoms with Gasteiger partial charge in [-0.05, 0) is 11.8 Å². The lowest BCUT2D eigenvalue weighted by Crippen LogP contribution is -2.45. The Bertz CT molecular complexity index is 526. The van der Waals surface area contributed by atoms with Crippen LogP contribution in [-0.4, -0.2) is 43.1 Å². The van der Waals surface area contributed by atoms with E-state index in [0.29, 0.717) is 19.6 Å². The molecule has 0 saturated carbocycles. The van der Waals surface area contributed by atoms with E-state index < -0.39 is 0 Å². The lowest BCUT2D eigenvalue weighted by atomic mass is 9.78. The minimum atomic E-state index is 0.0280. The molecule has 0 aromatic carbocycles. The summed E-state index contributed by atoms with van der Waals surface area (Å²) in [7, 11) is 0. The van der Waals surface area contributed by atoms with Crippen LogP contribution in [0.15, 0.2) is 0 Å². The predicted octanol–water partition coefficient (Wildman–Crippen LogP) is 1.46. The van der Waals surface area contributed by atoms with Crippen molar-refractivity contribution >= 4 is 22.3 Å². The van der Waals surface area contributed by atoms with Gasteiger partial charge in [0.25, 0.3) is 0 Å². The van der Waals surface area contributed by atoms with Crippen LogP contribution in [-0.2, 0) is 11.2 Å². The van der Waals surface area contributed by atoms with Gasteiger partial charge in [0, 0.05) is 26.1 Å². The number of rotatable bonds is 2. The third kappa shape index (κ3) is 2.60. The van der Waals surface area contributed by atoms with Gasteiger partial charge in [0.05, 0.1) is 23.3 Å². The molecule has 0 radical (unpaired) electrons. The molecule has 1 saturated heterocycles. The smallest absolute Gasteiger partial charge is 0.186 e. The molecule has 6 heteroatoms. The standard InChI is InChI=1S/C14H21N3O2S/c1-14(2)5-10-12(11(18)6-14)20-13(16-10)17-3-4-19-9(7-15)8-17/h9H,3-8,15H2,1-2H3. The number of thiazole rings is 1. The fourth-order valence-electron chi connectivity index (χ4n) is 2.88. The summed E-state index contributed by atoms with van der Waals surface area (Å²) in [6.45, 7) is 7.04. The fraction of sp³-hybridized carbons (Fsp3) is 0.714. The number of aromatic nitrogens is 1. The Hall–Kier alpha value is -0.980. The highest BCUT2D eigenvalue weighted by Gasteiger charge is 2.35. The number of nitrogens with zero attached hydrogens (tertiary/aromatic N) is 2. The van der Waals surface area contributed by atoms with E-state index in [1.807, 2.05) is 0 Å². The second-order valence-electron chi connectivity index (χ2n) is 6.39. The zero-order valence-corrected chi connectivity index (χ0v) is 12.8. The number of anilines is 1. The van der Waals surface area contributed by atoms with Gasteiger partial charge in [0.1, 0.15) is 0 Å². The Morgan fingerprint density at radius 2 is 2.30 bits per heavy atom. The van der Waals surface area contributed by atoms with Crippen molar-refractivity contribution in [1.29, 1.82) is 0 Å². The van der Waals surface area contributed by atoms with Crippen LogP contribution in [0, 0.1) is 5.41 Å². The van der Waals surface area contributed by atoms with Crippen LogP contribution in [0.1, 0.15) is 35.6 Å². The quantitative estimate of drug-likeness (QED) is 0.894. The molecule has 20 heavy (non-hydrogen) atoms. The molecule has 1 aliphatic carbocycles. The number of ether oxygens (including phenoxy) is 1. The number of fused-ring (bicyclic) bond motifs is 1. The second-order valence-corrected chi connectivity index (χ2v) is 7.37. The molecule has 5 nitrogen and oxygen atoms in total. The Morgan fingerprint density at radius 3 is 3.05 bits per heavy atom. The summed E-state index contributed by atoms with van der Waals surface area (Å²) >= 11 is 1.53. The monoisotopic (exact) mass is 295 g/mol. The highest BCUT2D eigenvalue weighted by Crippen LogP contribution is 2.39. The summed E-state index contributed by atoms with van der Waals surface area (Å²) < 4.78 is 5.58. The van der Waals surface area contributed by atoms with Crippen molar-refractivity contribution in [3.8, 4) is 0 Å². The van der Waals surface area contributed by atoms with Crippen molar-refractivity contribution in [2.24, 2.45) is 11.1 Å². The third-order valence-corrected chi connectivity index (χ3v) is 5.10. The maximum Gasteiger partial charge on any atom is 0.186 e. The van der Waals surface area contributed by atoms with E-state index in [4.69, 9.17) is 15.5 Å². The molecule has 0 amide bonds. The third-order valence-electron chi connectivity index (χ3n) is 3.90. The summed E-state index contributed by atoms with van der Waals surface area (Å²) in [5, 5.41) is 0.947. The largest absolute Gasteiger partial charge is 0.373 e. The molecule has 0 bridgehead atoms. The van der Waals surface area contributed by atoms with Crippen LogP contribution < -0.4 is 10.6 Å². The first-order valence-electron chi connectivity index (χ1n) is 7.08. The van der Waals surface area contributed by atoms with Gasteiger partial charge in [-0.2, -0.15) is 0 Å². The molecule has 0 spiro atoms. The Balaban J connectivity index is 1.85. The van der Waals surface area contributed by atoms with Crippen LogP contribution in [0.4, 0.5) is 5.13 Å². The summed E-state index contributed by atoms with van der Waals surface area (Å²) in [6, 6.07) is 0. The van der Waals surface area contributed by atoms with E-state index in [0.717, 1.165) is 35.2 Å². The van der Waals surface area contributed by atoms with E-state index in [1.54, 1.807) is 0 Å². The summed E-state index contributed by atoms with van der Waals surface area (Å²) in [4.78, 5) is 20.0. The zero-order valence-electron chi connectivity index (χ0n) is 12.0. The van der Waals surface area contributed by atoms with E-state index in [1.165, 1.54) is 11.3 Å². The molecular weight excluding hydrogens is 274 g/mol. The molecule has 1 atom stereocenters. The van der Waals surface area contributed by atoms with E-state index in [-0.39, 0.29) is 17.3 Å². The maximum atomic E-state index is 12.2. The SMILES string of the molecule is CC1(C)CC(=O)c2sc(N3CCOC(CN)C3)nc2C1. The minimum Gasteiger partial charge on any atom is -0.373 e. The number of nitrogens with two attached hydrogens (primary N) is 1. The molecule has 1 aliphatic heterocycles. The van der Waals surface area contributed by atoms with Crippen molar-refractivity contribution in [2.75, 3.05) is 31.1 Å². The molecule has 3 rings (SSSR count). The highest BCUT2D eigenvalue weighted by atomic mass is 32.1. The van der Waals surface area contributed by atoms with Crippen LogP contribution in [0.5, 0.6) is 0 Å². The zero-order chi connectivity index (χ0) is 14.3. The Kier molecular flexibility index (Phi) is 3.56. The van der Waals surface area contributed by atoms with Gasteiger partial charge in [0.15, 0.2) is 10.9 Å². The molecule has 1 aromatic heterocycles. The van der Waals surface area contributed by atoms with Gasteiger partial charge in [-0.3, -0.25) is 4.79 Å². The molecule has 1 aromatic rings. The second kappa shape index (κ2) is 5.09. The molecule has 110 valence electrons. The normalized spacial score (nSPS) is 25.6. The minimum absolute atomic E-state index is 0.0280. The lowest BCUT2D eigenvalue weighted by molar-refractivity contribution is 0.0465. The van der Waals surface area contributed by atoms with Crippen molar-refractivity contribution in [1.82, 2.24) is 4.98 Å². The van der Waals surface area contributed by atoms with Crippen LogP contribution in [0.3, 0.4) is 0 Å². The van der Waals surface area contributed by atoms with E-state index in [2.05, 4.69) is 18.7 Å². The van der Waals surface area contributed by atoms with Crippen molar-refractivity contribution in [3.05, 3.63) is 10.6 Å². The van der Waals surface area contributed by atoms with E-state index >= 15 is 0 Å². The first-order chi connectivity index (χ1) is 9.48. The number of carbonyl (C=O) groups is 1. The molecule has 1 unspecified atom stereocenters. The van der Waals surface area contributed by atoms with Gasteiger partial charge in [0.2, 0.25) is 0 Å². The average molecular weight is 295 g/mol. The van der Waals surface area contributed by atoms with Gasteiger partial charge < -0.3 is 15.4 Å². The van der Waals surface area contributed by atoms with Crippen molar-refractivity contribution < 1.29 is 9.53 Å². The summed E-state index contributed by atoms with van der Waals surface area (Å²) in [5.41, 5.74) is 6.68. The predicted molar refractivity (Wildman–Crippen MR) is 79.6 cm³/mol. The average Bonchev–Trinajstić information content (AvgIpc) is 2.81. The van der Waals surface area contributed by atoms with Crippen molar-refractivity contribution in [3.63, 3.8) is 0 Å². The molecule has 2 aliphatic rings.